The molecule has 0 aliphatic carbocycles. The minimum absolute atomic E-state index is 0.0599. The van der Waals surface area contributed by atoms with Gasteiger partial charge in [0.05, 0.1) is 18.8 Å². The SMILES string of the molecule is CCCN(CC(=O)O)Cc1ccc(CSC(F)F)o1. The van der Waals surface area contributed by atoms with E-state index in [4.69, 9.17) is 9.52 Å². The van der Waals surface area contributed by atoms with Crippen molar-refractivity contribution in [1.82, 2.24) is 4.90 Å². The van der Waals surface area contributed by atoms with Crippen LogP contribution in [-0.4, -0.2) is 34.8 Å². The summed E-state index contributed by atoms with van der Waals surface area (Å²) in [5.41, 5.74) is 0. The number of carbonyl (C=O) groups is 1. The number of furan rings is 1. The highest BCUT2D eigenvalue weighted by Gasteiger charge is 2.12. The number of thioether (sulfide) groups is 1. The number of rotatable bonds is 9. The molecular formula is C12H17F2NO3S. The number of hydrogen-bond acceptors (Lipinski definition) is 4. The van der Waals surface area contributed by atoms with Crippen LogP contribution in [0.3, 0.4) is 0 Å². The van der Waals surface area contributed by atoms with Crippen molar-refractivity contribution in [3.05, 3.63) is 23.7 Å². The van der Waals surface area contributed by atoms with Gasteiger partial charge in [-0.25, -0.2) is 0 Å². The molecule has 4 nitrogen and oxygen atoms in total. The molecule has 0 saturated heterocycles. The van der Waals surface area contributed by atoms with Crippen LogP contribution in [0.2, 0.25) is 0 Å². The zero-order valence-corrected chi connectivity index (χ0v) is 11.5. The fourth-order valence-electron chi connectivity index (χ4n) is 1.67. The molecule has 7 heteroatoms. The Bertz CT molecular complexity index is 398. The summed E-state index contributed by atoms with van der Waals surface area (Å²) in [6.45, 7) is 2.92. The topological polar surface area (TPSA) is 53.7 Å². The third kappa shape index (κ3) is 6.58. The number of nitrogens with zero attached hydrogens (tertiary/aromatic N) is 1. The first-order valence-corrected chi connectivity index (χ1v) is 6.97. The van der Waals surface area contributed by atoms with E-state index in [1.165, 1.54) is 0 Å². The summed E-state index contributed by atoms with van der Waals surface area (Å²) in [4.78, 5) is 12.4. The fraction of sp³-hybridized carbons (Fsp3) is 0.583. The number of hydrogen-bond donors (Lipinski definition) is 1. The van der Waals surface area contributed by atoms with Crippen molar-refractivity contribution in [3.8, 4) is 0 Å². The second-order valence-electron chi connectivity index (χ2n) is 4.04. The molecule has 0 aliphatic heterocycles. The van der Waals surface area contributed by atoms with Crippen molar-refractivity contribution in [2.45, 2.75) is 31.4 Å². The van der Waals surface area contributed by atoms with Crippen LogP contribution in [0.4, 0.5) is 8.78 Å². The number of carboxylic acids is 1. The molecule has 108 valence electrons. The first-order valence-electron chi connectivity index (χ1n) is 5.92. The average molecular weight is 293 g/mol. The molecule has 1 N–H and O–H groups in total. The standard InChI is InChI=1S/C12H17F2NO3S/c1-2-5-15(7-11(16)17)6-9-3-4-10(18-9)8-19-12(13)14/h3-4,12H,2,5-8H2,1H3,(H,16,17). The van der Waals surface area contributed by atoms with E-state index in [0.717, 1.165) is 6.42 Å². The maximum absolute atomic E-state index is 12.0. The van der Waals surface area contributed by atoms with Crippen molar-refractivity contribution < 1.29 is 23.1 Å². The van der Waals surface area contributed by atoms with Gasteiger partial charge >= 0.3 is 5.97 Å². The molecule has 0 spiro atoms. The largest absolute Gasteiger partial charge is 0.480 e. The van der Waals surface area contributed by atoms with Gasteiger partial charge < -0.3 is 9.52 Å². The molecule has 0 aromatic carbocycles. The summed E-state index contributed by atoms with van der Waals surface area (Å²) in [6, 6.07) is 3.35. The molecular weight excluding hydrogens is 276 g/mol. The maximum atomic E-state index is 12.0. The van der Waals surface area contributed by atoms with E-state index in [9.17, 15) is 13.6 Å². The molecule has 1 aromatic rings. The molecule has 0 bridgehead atoms. The molecule has 0 fully saturated rings. The van der Waals surface area contributed by atoms with Gasteiger partial charge in [-0.3, -0.25) is 9.69 Å². The zero-order valence-electron chi connectivity index (χ0n) is 10.6. The van der Waals surface area contributed by atoms with Crippen molar-refractivity contribution >= 4 is 17.7 Å². The van der Waals surface area contributed by atoms with Crippen LogP contribution in [-0.2, 0) is 17.1 Å². The maximum Gasteiger partial charge on any atom is 0.317 e. The van der Waals surface area contributed by atoms with E-state index in [2.05, 4.69) is 0 Å². The quantitative estimate of drug-likeness (QED) is 0.758. The Labute approximate surface area is 114 Å². The highest BCUT2D eigenvalue weighted by atomic mass is 32.2. The lowest BCUT2D eigenvalue weighted by molar-refractivity contribution is -0.138. The number of halogens is 2. The molecule has 19 heavy (non-hydrogen) atoms. The van der Waals surface area contributed by atoms with Gasteiger partial charge in [-0.15, -0.1) is 0 Å². The average Bonchev–Trinajstić information content (AvgIpc) is 2.73. The Hall–Kier alpha value is -1.08. The highest BCUT2D eigenvalue weighted by molar-refractivity contribution is 7.98. The van der Waals surface area contributed by atoms with E-state index >= 15 is 0 Å². The monoisotopic (exact) mass is 293 g/mol. The van der Waals surface area contributed by atoms with Crippen LogP contribution < -0.4 is 0 Å². The van der Waals surface area contributed by atoms with Crippen molar-refractivity contribution in [3.63, 3.8) is 0 Å². The zero-order chi connectivity index (χ0) is 14.3. The lowest BCUT2D eigenvalue weighted by Gasteiger charge is -2.17. The Morgan fingerprint density at radius 2 is 2.16 bits per heavy atom. The third-order valence-corrected chi connectivity index (χ3v) is 3.05. The first kappa shape index (κ1) is 16.0. The number of aliphatic carboxylic acids is 1. The van der Waals surface area contributed by atoms with Crippen molar-refractivity contribution in [2.24, 2.45) is 0 Å². The van der Waals surface area contributed by atoms with Gasteiger partial charge in [-0.1, -0.05) is 18.7 Å². The van der Waals surface area contributed by atoms with Gasteiger partial charge in [0.15, 0.2) is 0 Å². The summed E-state index contributed by atoms with van der Waals surface area (Å²) in [5.74, 6) is -2.12. The normalized spacial score (nSPS) is 11.4. The lowest BCUT2D eigenvalue weighted by atomic mass is 10.3. The van der Waals surface area contributed by atoms with Crippen LogP contribution in [0.5, 0.6) is 0 Å². The second kappa shape index (κ2) is 8.16. The summed E-state index contributed by atoms with van der Waals surface area (Å²) in [6.07, 6.45) is 0.835. The third-order valence-electron chi connectivity index (χ3n) is 2.35. The summed E-state index contributed by atoms with van der Waals surface area (Å²) >= 11 is 0.503. The van der Waals surface area contributed by atoms with E-state index in [-0.39, 0.29) is 12.3 Å². The van der Waals surface area contributed by atoms with Gasteiger partial charge in [0.25, 0.3) is 5.76 Å². The molecule has 0 unspecified atom stereocenters. The van der Waals surface area contributed by atoms with Crippen molar-refractivity contribution in [2.75, 3.05) is 13.1 Å². The predicted molar refractivity (Wildman–Crippen MR) is 69.2 cm³/mol. The fourth-order valence-corrected chi connectivity index (χ4v) is 2.12. The Balaban J connectivity index is 2.52. The molecule has 0 saturated carbocycles. The van der Waals surface area contributed by atoms with Gasteiger partial charge in [0.2, 0.25) is 0 Å². The lowest BCUT2D eigenvalue weighted by Crippen LogP contribution is -2.29. The van der Waals surface area contributed by atoms with E-state index < -0.39 is 11.7 Å². The van der Waals surface area contributed by atoms with E-state index in [0.29, 0.717) is 36.4 Å². The molecule has 1 aromatic heterocycles. The summed E-state index contributed by atoms with van der Waals surface area (Å²) < 4.78 is 29.5. The summed E-state index contributed by atoms with van der Waals surface area (Å²) in [5, 5.41) is 8.78. The molecule has 1 heterocycles. The Morgan fingerprint density at radius 1 is 1.47 bits per heavy atom. The van der Waals surface area contributed by atoms with Crippen LogP contribution in [0.1, 0.15) is 24.9 Å². The van der Waals surface area contributed by atoms with Crippen LogP contribution in [0, 0.1) is 0 Å². The molecule has 0 radical (unpaired) electrons. The highest BCUT2D eigenvalue weighted by Crippen LogP contribution is 2.21. The van der Waals surface area contributed by atoms with Crippen molar-refractivity contribution in [1.29, 1.82) is 0 Å². The van der Waals surface area contributed by atoms with Crippen LogP contribution in [0.25, 0.3) is 0 Å². The predicted octanol–water partition coefficient (Wildman–Crippen LogP) is 3.03. The molecule has 0 aliphatic rings. The molecule has 0 atom stereocenters. The van der Waals surface area contributed by atoms with Gasteiger partial charge in [-0.2, -0.15) is 8.78 Å². The first-order chi connectivity index (χ1) is 9.01. The summed E-state index contributed by atoms with van der Waals surface area (Å²) in [7, 11) is 0. The Morgan fingerprint density at radius 3 is 2.74 bits per heavy atom. The van der Waals surface area contributed by atoms with Gasteiger partial charge in [0.1, 0.15) is 11.5 Å². The molecule has 1 rings (SSSR count). The van der Waals surface area contributed by atoms with Crippen LogP contribution in [0.15, 0.2) is 16.5 Å². The second-order valence-corrected chi connectivity index (χ2v) is 5.02. The van der Waals surface area contributed by atoms with Crippen LogP contribution >= 0.6 is 11.8 Å². The van der Waals surface area contributed by atoms with E-state index in [1.807, 2.05) is 6.92 Å². The Kier molecular flexibility index (Phi) is 6.86. The number of alkyl halides is 2. The number of carboxylic acid groups (broad SMARTS) is 1. The smallest absolute Gasteiger partial charge is 0.317 e. The minimum atomic E-state index is -2.42. The van der Waals surface area contributed by atoms with Gasteiger partial charge in [0, 0.05) is 0 Å². The molecule has 0 amide bonds. The minimum Gasteiger partial charge on any atom is -0.480 e. The van der Waals surface area contributed by atoms with Gasteiger partial charge in [-0.05, 0) is 25.1 Å². The van der Waals surface area contributed by atoms with E-state index in [1.54, 1.807) is 17.0 Å².